The van der Waals surface area contributed by atoms with E-state index in [1.165, 1.54) is 43.7 Å². The minimum atomic E-state index is -0.212. The standard InChI is InChI=1S/C31H39FN2O2/c1-2-24-16-17-34(21-29(24)35-22-23-10-9-15-27(32)18-23)20-28-19-33-31(36-28)30(25-11-5-3-6-12-25)26-13-7-4-8-14-26/h3,5-6,9-12,15,18-19,24,26,29-30H,2,4,7-8,13-14,16-17,20-22H2,1H3. The highest BCUT2D eigenvalue weighted by Gasteiger charge is 2.32. The summed E-state index contributed by atoms with van der Waals surface area (Å²) < 4.78 is 26.4. The number of benzene rings is 2. The number of rotatable bonds is 9. The highest BCUT2D eigenvalue weighted by atomic mass is 19.1. The second kappa shape index (κ2) is 12.2. The predicted molar refractivity (Wildman–Crippen MR) is 140 cm³/mol. The van der Waals surface area contributed by atoms with Crippen LogP contribution in [0, 0.1) is 17.7 Å². The van der Waals surface area contributed by atoms with Gasteiger partial charge in [0.1, 0.15) is 11.6 Å². The van der Waals surface area contributed by atoms with Crippen molar-refractivity contribution in [2.45, 2.75) is 77.0 Å². The van der Waals surface area contributed by atoms with Crippen molar-refractivity contribution < 1.29 is 13.5 Å². The van der Waals surface area contributed by atoms with Crippen LogP contribution in [0.5, 0.6) is 0 Å². The molecule has 5 rings (SSSR count). The average molecular weight is 491 g/mol. The fourth-order valence-electron chi connectivity index (χ4n) is 6.16. The van der Waals surface area contributed by atoms with Crippen molar-refractivity contribution in [3.05, 3.63) is 89.4 Å². The van der Waals surface area contributed by atoms with Gasteiger partial charge in [-0.2, -0.15) is 0 Å². The van der Waals surface area contributed by atoms with Crippen molar-refractivity contribution in [1.82, 2.24) is 9.88 Å². The third-order valence-electron chi connectivity index (χ3n) is 8.15. The Bertz CT molecular complexity index is 1080. The summed E-state index contributed by atoms with van der Waals surface area (Å²) in [5.41, 5.74) is 2.20. The van der Waals surface area contributed by atoms with Gasteiger partial charge in [0.2, 0.25) is 5.89 Å². The Hall–Kier alpha value is -2.50. The van der Waals surface area contributed by atoms with Gasteiger partial charge in [0.15, 0.2) is 0 Å². The maximum atomic E-state index is 13.6. The SMILES string of the molecule is CCC1CCN(Cc2cnc(C(c3ccccc3)C3CCCCC3)o2)CC1OCc1cccc(F)c1. The number of hydrogen-bond acceptors (Lipinski definition) is 4. The molecule has 3 unspecified atom stereocenters. The normalized spacial score (nSPS) is 22.5. The quantitative estimate of drug-likeness (QED) is 0.314. The van der Waals surface area contributed by atoms with Crippen LogP contribution in [-0.4, -0.2) is 29.1 Å². The Balaban J connectivity index is 1.25. The van der Waals surface area contributed by atoms with E-state index in [1.54, 1.807) is 12.1 Å². The molecule has 5 heteroatoms. The van der Waals surface area contributed by atoms with Crippen molar-refractivity contribution in [3.8, 4) is 0 Å². The maximum absolute atomic E-state index is 13.6. The number of hydrogen-bond donors (Lipinski definition) is 0. The van der Waals surface area contributed by atoms with E-state index >= 15 is 0 Å². The molecule has 1 aliphatic carbocycles. The maximum Gasteiger partial charge on any atom is 0.202 e. The highest BCUT2D eigenvalue weighted by molar-refractivity contribution is 5.26. The summed E-state index contributed by atoms with van der Waals surface area (Å²) in [5.74, 6) is 2.93. The molecule has 3 aromatic rings. The fourth-order valence-corrected chi connectivity index (χ4v) is 6.16. The molecular formula is C31H39FN2O2. The molecule has 192 valence electrons. The van der Waals surface area contributed by atoms with Gasteiger partial charge in [-0.1, -0.05) is 75.1 Å². The lowest BCUT2D eigenvalue weighted by molar-refractivity contribution is -0.0505. The first-order valence-electron chi connectivity index (χ1n) is 13.8. The van der Waals surface area contributed by atoms with Gasteiger partial charge < -0.3 is 9.15 Å². The Kier molecular flexibility index (Phi) is 8.50. The summed E-state index contributed by atoms with van der Waals surface area (Å²) in [6.45, 7) is 5.30. The van der Waals surface area contributed by atoms with Crippen LogP contribution in [0.1, 0.15) is 80.6 Å². The van der Waals surface area contributed by atoms with E-state index < -0.39 is 0 Å². The van der Waals surface area contributed by atoms with Gasteiger partial charge in [-0.3, -0.25) is 4.90 Å². The van der Waals surface area contributed by atoms with E-state index in [9.17, 15) is 4.39 Å². The lowest BCUT2D eigenvalue weighted by atomic mass is 9.77. The molecule has 0 radical (unpaired) electrons. The number of aromatic nitrogens is 1. The molecule has 4 nitrogen and oxygen atoms in total. The minimum Gasteiger partial charge on any atom is -0.444 e. The Labute approximate surface area is 214 Å². The molecule has 0 spiro atoms. The summed E-state index contributed by atoms with van der Waals surface area (Å²) >= 11 is 0. The number of oxazole rings is 1. The summed E-state index contributed by atoms with van der Waals surface area (Å²) in [7, 11) is 0. The molecule has 2 heterocycles. The van der Waals surface area contributed by atoms with E-state index in [2.05, 4.69) is 42.2 Å². The van der Waals surface area contributed by atoms with Crippen molar-refractivity contribution in [2.24, 2.45) is 11.8 Å². The number of halogens is 1. The lowest BCUT2D eigenvalue weighted by Crippen LogP contribution is -2.44. The number of likely N-dealkylation sites (tertiary alicyclic amines) is 1. The molecule has 2 aliphatic rings. The predicted octanol–water partition coefficient (Wildman–Crippen LogP) is 7.34. The lowest BCUT2D eigenvalue weighted by Gasteiger charge is -2.37. The molecule has 2 fully saturated rings. The average Bonchev–Trinajstić information content (AvgIpc) is 3.37. The van der Waals surface area contributed by atoms with Crippen LogP contribution in [0.25, 0.3) is 0 Å². The van der Waals surface area contributed by atoms with E-state index in [1.807, 2.05) is 12.3 Å². The van der Waals surface area contributed by atoms with Crippen LogP contribution in [0.4, 0.5) is 4.39 Å². The first-order valence-corrected chi connectivity index (χ1v) is 13.8. The van der Waals surface area contributed by atoms with Gasteiger partial charge in [0.05, 0.1) is 31.4 Å². The molecule has 0 amide bonds. The largest absolute Gasteiger partial charge is 0.444 e. The molecule has 1 saturated heterocycles. The molecular weight excluding hydrogens is 451 g/mol. The second-order valence-corrected chi connectivity index (χ2v) is 10.6. The van der Waals surface area contributed by atoms with Crippen molar-refractivity contribution in [2.75, 3.05) is 13.1 Å². The van der Waals surface area contributed by atoms with Crippen LogP contribution in [-0.2, 0) is 17.9 Å². The summed E-state index contributed by atoms with van der Waals surface area (Å²) in [6.07, 6.45) is 10.7. The van der Waals surface area contributed by atoms with Gasteiger partial charge >= 0.3 is 0 Å². The van der Waals surface area contributed by atoms with Crippen LogP contribution in [0.2, 0.25) is 0 Å². The third-order valence-corrected chi connectivity index (χ3v) is 8.15. The monoisotopic (exact) mass is 490 g/mol. The van der Waals surface area contributed by atoms with Gasteiger partial charge in [-0.25, -0.2) is 9.37 Å². The van der Waals surface area contributed by atoms with Crippen LogP contribution in [0.15, 0.2) is 65.2 Å². The summed E-state index contributed by atoms with van der Waals surface area (Å²) in [4.78, 5) is 7.23. The van der Waals surface area contributed by atoms with Crippen molar-refractivity contribution >= 4 is 0 Å². The molecule has 1 aliphatic heterocycles. The molecule has 3 atom stereocenters. The van der Waals surface area contributed by atoms with E-state index in [4.69, 9.17) is 14.1 Å². The zero-order valence-electron chi connectivity index (χ0n) is 21.4. The van der Waals surface area contributed by atoms with Crippen LogP contribution < -0.4 is 0 Å². The van der Waals surface area contributed by atoms with Crippen molar-refractivity contribution in [1.29, 1.82) is 0 Å². The van der Waals surface area contributed by atoms with E-state index in [-0.39, 0.29) is 17.8 Å². The molecule has 1 aromatic heterocycles. The van der Waals surface area contributed by atoms with Gasteiger partial charge in [0.25, 0.3) is 0 Å². The molecule has 1 saturated carbocycles. The second-order valence-electron chi connectivity index (χ2n) is 10.6. The third kappa shape index (κ3) is 6.24. The Morgan fingerprint density at radius 2 is 1.89 bits per heavy atom. The van der Waals surface area contributed by atoms with Crippen molar-refractivity contribution in [3.63, 3.8) is 0 Å². The molecule has 2 aromatic carbocycles. The number of nitrogens with zero attached hydrogens (tertiary/aromatic N) is 2. The molecule has 0 N–H and O–H groups in total. The highest BCUT2D eigenvalue weighted by Crippen LogP contribution is 2.40. The number of ether oxygens (including phenoxy) is 1. The molecule has 36 heavy (non-hydrogen) atoms. The van der Waals surface area contributed by atoms with Gasteiger partial charge in [-0.05, 0) is 60.9 Å². The Morgan fingerprint density at radius 3 is 2.67 bits per heavy atom. The minimum absolute atomic E-state index is 0.133. The first-order chi connectivity index (χ1) is 17.7. The zero-order valence-corrected chi connectivity index (χ0v) is 21.4. The Morgan fingerprint density at radius 1 is 1.06 bits per heavy atom. The van der Waals surface area contributed by atoms with E-state index in [0.717, 1.165) is 49.7 Å². The topological polar surface area (TPSA) is 38.5 Å². The molecule has 0 bridgehead atoms. The number of piperidine rings is 1. The summed E-state index contributed by atoms with van der Waals surface area (Å²) in [6, 6.07) is 17.5. The van der Waals surface area contributed by atoms with Gasteiger partial charge in [-0.15, -0.1) is 0 Å². The fraction of sp³-hybridized carbons (Fsp3) is 0.516. The van der Waals surface area contributed by atoms with Gasteiger partial charge in [0, 0.05) is 6.54 Å². The van der Waals surface area contributed by atoms with Crippen LogP contribution in [0.3, 0.4) is 0 Å². The zero-order chi connectivity index (χ0) is 24.7. The first kappa shape index (κ1) is 25.2. The van der Waals surface area contributed by atoms with Crippen LogP contribution >= 0.6 is 0 Å². The smallest absolute Gasteiger partial charge is 0.202 e. The summed E-state index contributed by atoms with van der Waals surface area (Å²) in [5, 5.41) is 0. The van der Waals surface area contributed by atoms with E-state index in [0.29, 0.717) is 18.4 Å².